The van der Waals surface area contributed by atoms with E-state index >= 15 is 0 Å². The van der Waals surface area contributed by atoms with E-state index in [0.717, 1.165) is 2.88 Å². The van der Waals surface area contributed by atoms with E-state index in [-0.39, 0.29) is 0 Å². The van der Waals surface area contributed by atoms with E-state index in [9.17, 15) is 4.57 Å². The summed E-state index contributed by atoms with van der Waals surface area (Å²) in [5, 5.41) is 1.69. The molecular formula is C4H4IO3PS. The van der Waals surface area contributed by atoms with Crippen LogP contribution in [0, 0.1) is 2.88 Å². The second-order valence-electron chi connectivity index (χ2n) is 1.45. The van der Waals surface area contributed by atoms with E-state index in [1.54, 1.807) is 11.4 Å². The third kappa shape index (κ3) is 2.57. The van der Waals surface area contributed by atoms with Crippen molar-refractivity contribution in [2.45, 2.75) is 0 Å². The third-order valence-electron chi connectivity index (χ3n) is 0.749. The minimum Gasteiger partial charge on any atom is -0.425 e. The Balaban J connectivity index is 2.67. The molecule has 1 rings (SSSR count). The molecule has 1 aromatic rings. The van der Waals surface area contributed by atoms with Crippen molar-refractivity contribution in [3.05, 3.63) is 14.3 Å². The second-order valence-corrected chi connectivity index (χ2v) is 5.00. The Kier molecular flexibility index (Phi) is 3.16. The lowest BCUT2D eigenvalue weighted by Gasteiger charge is -1.93. The van der Waals surface area contributed by atoms with Crippen LogP contribution in [-0.2, 0) is 4.57 Å². The molecule has 0 fully saturated rings. The van der Waals surface area contributed by atoms with Gasteiger partial charge in [-0.2, -0.15) is 0 Å². The molecule has 0 aliphatic carbocycles. The Labute approximate surface area is 76.1 Å². The summed E-state index contributed by atoms with van der Waals surface area (Å²) in [5.41, 5.74) is 0. The minimum atomic E-state index is -2.82. The molecule has 0 saturated heterocycles. The number of hydrogen-bond acceptors (Lipinski definition) is 3. The van der Waals surface area contributed by atoms with E-state index in [1.165, 1.54) is 11.3 Å². The van der Waals surface area contributed by atoms with Crippen molar-refractivity contribution in [2.24, 2.45) is 0 Å². The highest BCUT2D eigenvalue weighted by Gasteiger charge is 1.98. The van der Waals surface area contributed by atoms with E-state index in [1.807, 2.05) is 0 Å². The van der Waals surface area contributed by atoms with Crippen LogP contribution in [0.4, 0.5) is 0 Å². The quantitative estimate of drug-likeness (QED) is 0.670. The molecule has 1 N–H and O–H groups in total. The summed E-state index contributed by atoms with van der Waals surface area (Å²) in [6, 6.07) is 1.71. The SMILES string of the molecule is O=[PH](O)Oc1csc(I)c1. The molecule has 3 nitrogen and oxygen atoms in total. The molecule has 6 heteroatoms. The van der Waals surface area contributed by atoms with Gasteiger partial charge in [-0.3, -0.25) is 0 Å². The van der Waals surface area contributed by atoms with Gasteiger partial charge in [0.2, 0.25) is 0 Å². The maximum absolute atomic E-state index is 10.1. The van der Waals surface area contributed by atoms with Gasteiger partial charge in [-0.25, -0.2) is 4.57 Å². The van der Waals surface area contributed by atoms with E-state index in [0.29, 0.717) is 5.75 Å². The first-order chi connectivity index (χ1) is 4.68. The molecule has 56 valence electrons. The van der Waals surface area contributed by atoms with Crippen molar-refractivity contribution in [3.63, 3.8) is 0 Å². The molecule has 0 saturated carbocycles. The fourth-order valence-corrected chi connectivity index (χ4v) is 2.07. The zero-order valence-corrected chi connectivity index (χ0v) is 8.68. The van der Waals surface area contributed by atoms with Crippen molar-refractivity contribution in [1.82, 2.24) is 0 Å². The predicted octanol–water partition coefficient (Wildman–Crippen LogP) is 2.11. The molecule has 1 heterocycles. The summed E-state index contributed by atoms with van der Waals surface area (Å²) in [4.78, 5) is 8.34. The first kappa shape index (κ1) is 8.52. The Morgan fingerprint density at radius 3 is 2.90 bits per heavy atom. The Hall–Kier alpha value is 0.420. The smallest absolute Gasteiger partial charge is 0.365 e. The van der Waals surface area contributed by atoms with Gasteiger partial charge in [0.25, 0.3) is 0 Å². The predicted molar refractivity (Wildman–Crippen MR) is 48.9 cm³/mol. The van der Waals surface area contributed by atoms with Crippen LogP contribution >= 0.6 is 42.2 Å². The van der Waals surface area contributed by atoms with Gasteiger partial charge in [0.05, 0.1) is 2.88 Å². The fraction of sp³-hybridized carbons (Fsp3) is 0. The van der Waals surface area contributed by atoms with Crippen LogP contribution in [0.25, 0.3) is 0 Å². The fourth-order valence-electron chi connectivity index (χ4n) is 0.449. The first-order valence-electron chi connectivity index (χ1n) is 2.33. The monoisotopic (exact) mass is 290 g/mol. The van der Waals surface area contributed by atoms with Crippen molar-refractivity contribution in [1.29, 1.82) is 0 Å². The summed E-state index contributed by atoms with van der Waals surface area (Å²) in [6.45, 7) is 0. The molecule has 1 aromatic heterocycles. The molecule has 0 bridgehead atoms. The van der Waals surface area contributed by atoms with Crippen LogP contribution in [0.5, 0.6) is 5.75 Å². The van der Waals surface area contributed by atoms with Crippen molar-refractivity contribution in [3.8, 4) is 5.75 Å². The largest absolute Gasteiger partial charge is 0.425 e. The highest BCUT2D eigenvalue weighted by molar-refractivity contribution is 14.1. The summed E-state index contributed by atoms with van der Waals surface area (Å²) in [7, 11) is -2.82. The zero-order valence-electron chi connectivity index (χ0n) is 4.70. The Bertz CT molecular complexity index is 248. The van der Waals surface area contributed by atoms with Gasteiger partial charge in [-0.05, 0) is 22.6 Å². The maximum Gasteiger partial charge on any atom is 0.365 e. The maximum atomic E-state index is 10.1. The second kappa shape index (κ2) is 3.71. The van der Waals surface area contributed by atoms with Crippen LogP contribution in [0.3, 0.4) is 0 Å². The van der Waals surface area contributed by atoms with Gasteiger partial charge in [0.1, 0.15) is 5.75 Å². The molecule has 0 aliphatic rings. The molecule has 0 amide bonds. The van der Waals surface area contributed by atoms with Crippen LogP contribution in [-0.4, -0.2) is 4.89 Å². The van der Waals surface area contributed by atoms with Gasteiger partial charge in [0.15, 0.2) is 0 Å². The van der Waals surface area contributed by atoms with Gasteiger partial charge in [0, 0.05) is 11.4 Å². The lowest BCUT2D eigenvalue weighted by Crippen LogP contribution is -1.73. The average Bonchev–Trinajstić information content (AvgIpc) is 2.13. The number of hydrogen-bond donors (Lipinski definition) is 1. The number of halogens is 1. The molecule has 10 heavy (non-hydrogen) atoms. The van der Waals surface area contributed by atoms with Gasteiger partial charge in [-0.1, -0.05) is 0 Å². The van der Waals surface area contributed by atoms with Gasteiger partial charge in [-0.15, -0.1) is 11.3 Å². The minimum absolute atomic E-state index is 0.473. The van der Waals surface area contributed by atoms with Crippen LogP contribution in [0.15, 0.2) is 11.4 Å². The van der Waals surface area contributed by atoms with E-state index in [2.05, 4.69) is 27.1 Å². The molecule has 1 atom stereocenters. The highest BCUT2D eigenvalue weighted by Crippen LogP contribution is 2.28. The lowest BCUT2D eigenvalue weighted by atomic mass is 10.6. The summed E-state index contributed by atoms with van der Waals surface area (Å²) in [6.07, 6.45) is 0. The topological polar surface area (TPSA) is 46.5 Å². The molecule has 0 aromatic carbocycles. The molecule has 0 aliphatic heterocycles. The van der Waals surface area contributed by atoms with Crippen LogP contribution in [0.1, 0.15) is 0 Å². The third-order valence-corrected chi connectivity index (χ3v) is 2.93. The summed E-state index contributed by atoms with van der Waals surface area (Å²) in [5.74, 6) is 0.473. The normalized spacial score (nSPS) is 13.0. The van der Waals surface area contributed by atoms with Gasteiger partial charge >= 0.3 is 8.25 Å². The van der Waals surface area contributed by atoms with Gasteiger partial charge < -0.3 is 9.42 Å². The molecule has 0 radical (unpaired) electrons. The van der Waals surface area contributed by atoms with Crippen molar-refractivity contribution < 1.29 is 14.0 Å². The standard InChI is InChI=1S/C4H4IO3PS/c5-4-1-3(2-10-4)8-9(6)7/h1-2,9H,(H,6,7). The number of thiophene rings is 1. The zero-order chi connectivity index (χ0) is 7.56. The number of rotatable bonds is 2. The summed E-state index contributed by atoms with van der Waals surface area (Å²) < 4.78 is 15.7. The molecular weight excluding hydrogens is 286 g/mol. The first-order valence-corrected chi connectivity index (χ1v) is 5.55. The van der Waals surface area contributed by atoms with E-state index < -0.39 is 8.25 Å². The van der Waals surface area contributed by atoms with Crippen molar-refractivity contribution in [2.75, 3.05) is 0 Å². The van der Waals surface area contributed by atoms with Crippen LogP contribution < -0.4 is 4.52 Å². The Morgan fingerprint density at radius 2 is 2.50 bits per heavy atom. The van der Waals surface area contributed by atoms with Crippen molar-refractivity contribution >= 4 is 42.2 Å². The van der Waals surface area contributed by atoms with Crippen LogP contribution in [0.2, 0.25) is 0 Å². The highest BCUT2D eigenvalue weighted by atomic mass is 127. The molecule has 0 spiro atoms. The van der Waals surface area contributed by atoms with E-state index in [4.69, 9.17) is 4.89 Å². The Morgan fingerprint density at radius 1 is 1.80 bits per heavy atom. The summed E-state index contributed by atoms with van der Waals surface area (Å²) >= 11 is 3.59. The molecule has 1 unspecified atom stereocenters. The average molecular weight is 290 g/mol. The lowest BCUT2D eigenvalue weighted by molar-refractivity contribution is 0.411.